The van der Waals surface area contributed by atoms with Crippen LogP contribution < -0.4 is 5.32 Å². The molecule has 2 N–H and O–H groups in total. The Labute approximate surface area is 145 Å². The van der Waals surface area contributed by atoms with Crippen molar-refractivity contribution < 1.29 is 9.59 Å². The Balaban J connectivity index is 1.65. The smallest absolute Gasteiger partial charge is 0.268 e. The van der Waals surface area contributed by atoms with Crippen LogP contribution in [0.1, 0.15) is 37.2 Å². The maximum Gasteiger partial charge on any atom is 0.268 e. The van der Waals surface area contributed by atoms with Crippen LogP contribution in [0.3, 0.4) is 0 Å². The number of pyridine rings is 1. The standard InChI is InChI=1S/C17H21ClN4O2/c1-10-3-5-22(6-4-10)17(24)11(2)20-16(23)13-7-12-8-15(18)19-9-14(12)21-13/h7-11,21H,3-6H2,1-2H3,(H,20,23)/t11-/m0/s1. The molecule has 0 aromatic carbocycles. The van der Waals surface area contributed by atoms with E-state index in [0.717, 1.165) is 36.8 Å². The predicted octanol–water partition coefficient (Wildman–Crippen LogP) is 2.59. The van der Waals surface area contributed by atoms with Crippen LogP contribution in [0.15, 0.2) is 18.3 Å². The number of halogens is 1. The summed E-state index contributed by atoms with van der Waals surface area (Å²) in [6.45, 7) is 5.44. The van der Waals surface area contributed by atoms with Crippen LogP contribution in [0.25, 0.3) is 10.9 Å². The summed E-state index contributed by atoms with van der Waals surface area (Å²) in [4.78, 5) is 33.6. The average molecular weight is 349 g/mol. The summed E-state index contributed by atoms with van der Waals surface area (Å²) < 4.78 is 0. The van der Waals surface area contributed by atoms with Crippen LogP contribution in [0.4, 0.5) is 0 Å². The molecule has 1 atom stereocenters. The zero-order chi connectivity index (χ0) is 17.3. The molecule has 0 bridgehead atoms. The van der Waals surface area contributed by atoms with Gasteiger partial charge >= 0.3 is 0 Å². The van der Waals surface area contributed by atoms with E-state index in [9.17, 15) is 9.59 Å². The third-order valence-electron chi connectivity index (χ3n) is 4.53. The zero-order valence-electron chi connectivity index (χ0n) is 13.8. The first kappa shape index (κ1) is 16.8. The predicted molar refractivity (Wildman–Crippen MR) is 93.0 cm³/mol. The van der Waals surface area contributed by atoms with Gasteiger partial charge in [-0.15, -0.1) is 0 Å². The summed E-state index contributed by atoms with van der Waals surface area (Å²) in [5.41, 5.74) is 1.12. The van der Waals surface area contributed by atoms with Crippen molar-refractivity contribution in [1.29, 1.82) is 0 Å². The van der Waals surface area contributed by atoms with Crippen molar-refractivity contribution in [2.75, 3.05) is 13.1 Å². The monoisotopic (exact) mass is 348 g/mol. The molecule has 1 aliphatic heterocycles. The normalized spacial score (nSPS) is 17.0. The van der Waals surface area contributed by atoms with Crippen molar-refractivity contribution in [1.82, 2.24) is 20.2 Å². The van der Waals surface area contributed by atoms with Crippen molar-refractivity contribution in [3.63, 3.8) is 0 Å². The van der Waals surface area contributed by atoms with Crippen molar-refractivity contribution in [3.8, 4) is 0 Å². The number of nitrogens with zero attached hydrogens (tertiary/aromatic N) is 2. The van der Waals surface area contributed by atoms with Gasteiger partial charge in [-0.05, 0) is 37.8 Å². The second-order valence-corrected chi connectivity index (χ2v) is 6.87. The molecule has 24 heavy (non-hydrogen) atoms. The van der Waals surface area contributed by atoms with Crippen LogP contribution in [0.5, 0.6) is 0 Å². The van der Waals surface area contributed by atoms with Gasteiger partial charge in [-0.25, -0.2) is 4.98 Å². The number of aromatic nitrogens is 2. The maximum absolute atomic E-state index is 12.5. The second-order valence-electron chi connectivity index (χ2n) is 6.48. The second kappa shape index (κ2) is 6.81. The minimum Gasteiger partial charge on any atom is -0.349 e. The van der Waals surface area contributed by atoms with Gasteiger partial charge in [0.1, 0.15) is 16.9 Å². The Hall–Kier alpha value is -2.08. The van der Waals surface area contributed by atoms with Gasteiger partial charge in [-0.2, -0.15) is 0 Å². The summed E-state index contributed by atoms with van der Waals surface area (Å²) in [6, 6.07) is 2.84. The molecule has 0 aliphatic carbocycles. The summed E-state index contributed by atoms with van der Waals surface area (Å²) in [5.74, 6) is 0.315. The molecule has 2 aromatic heterocycles. The number of nitrogens with one attached hydrogen (secondary N) is 2. The molecular formula is C17H21ClN4O2. The number of hydrogen-bond donors (Lipinski definition) is 2. The van der Waals surface area contributed by atoms with Crippen LogP contribution >= 0.6 is 11.6 Å². The number of likely N-dealkylation sites (tertiary alicyclic amines) is 1. The molecule has 1 saturated heterocycles. The van der Waals surface area contributed by atoms with Crippen LogP contribution in [-0.4, -0.2) is 45.8 Å². The summed E-state index contributed by atoms with van der Waals surface area (Å²) in [7, 11) is 0. The molecule has 1 aliphatic rings. The SMILES string of the molecule is CC1CCN(C(=O)[C@H](C)NC(=O)c2cc3cc(Cl)ncc3[nH]2)CC1. The van der Waals surface area contributed by atoms with Gasteiger partial charge in [0.25, 0.3) is 5.91 Å². The maximum atomic E-state index is 12.5. The first-order valence-electron chi connectivity index (χ1n) is 8.18. The Bertz CT molecular complexity index is 765. The van der Waals surface area contributed by atoms with Crippen molar-refractivity contribution in [2.24, 2.45) is 5.92 Å². The van der Waals surface area contributed by atoms with Gasteiger partial charge in [0.15, 0.2) is 0 Å². The van der Waals surface area contributed by atoms with E-state index < -0.39 is 6.04 Å². The van der Waals surface area contributed by atoms with E-state index >= 15 is 0 Å². The third-order valence-corrected chi connectivity index (χ3v) is 4.74. The molecule has 2 aromatic rings. The minimum absolute atomic E-state index is 0.0314. The number of rotatable bonds is 3. The molecule has 1 fully saturated rings. The van der Waals surface area contributed by atoms with E-state index in [4.69, 9.17) is 11.6 Å². The minimum atomic E-state index is -0.556. The number of fused-ring (bicyclic) bond motifs is 1. The molecule has 3 rings (SSSR count). The van der Waals surface area contributed by atoms with Crippen LogP contribution in [0, 0.1) is 5.92 Å². The van der Waals surface area contributed by atoms with Gasteiger partial charge in [0.2, 0.25) is 5.91 Å². The number of aromatic amines is 1. The quantitative estimate of drug-likeness (QED) is 0.837. The fourth-order valence-electron chi connectivity index (χ4n) is 2.97. The summed E-state index contributed by atoms with van der Waals surface area (Å²) in [6.07, 6.45) is 3.61. The molecule has 0 radical (unpaired) electrons. The topological polar surface area (TPSA) is 78.1 Å². The zero-order valence-corrected chi connectivity index (χ0v) is 14.6. The Morgan fingerprint density at radius 2 is 2.08 bits per heavy atom. The van der Waals surface area contributed by atoms with E-state index in [-0.39, 0.29) is 11.8 Å². The number of H-pyrrole nitrogens is 1. The van der Waals surface area contributed by atoms with Crippen molar-refractivity contribution >= 4 is 34.3 Å². The van der Waals surface area contributed by atoms with Crippen LogP contribution in [0.2, 0.25) is 5.15 Å². The lowest BCUT2D eigenvalue weighted by Crippen LogP contribution is -2.49. The number of carbonyl (C=O) groups excluding carboxylic acids is 2. The number of hydrogen-bond acceptors (Lipinski definition) is 3. The van der Waals surface area contributed by atoms with E-state index in [1.807, 2.05) is 4.90 Å². The summed E-state index contributed by atoms with van der Waals surface area (Å²) >= 11 is 5.85. The largest absolute Gasteiger partial charge is 0.349 e. The molecule has 128 valence electrons. The first-order valence-corrected chi connectivity index (χ1v) is 8.55. The average Bonchev–Trinajstić information content (AvgIpc) is 2.98. The molecule has 6 nitrogen and oxygen atoms in total. The number of carbonyl (C=O) groups is 2. The highest BCUT2D eigenvalue weighted by Crippen LogP contribution is 2.19. The number of amides is 2. The van der Waals surface area contributed by atoms with E-state index in [0.29, 0.717) is 16.8 Å². The molecule has 2 amide bonds. The Morgan fingerprint density at radius 1 is 1.38 bits per heavy atom. The fourth-order valence-corrected chi connectivity index (χ4v) is 3.13. The van der Waals surface area contributed by atoms with E-state index in [2.05, 4.69) is 22.2 Å². The lowest BCUT2D eigenvalue weighted by atomic mass is 9.99. The fraction of sp³-hybridized carbons (Fsp3) is 0.471. The van der Waals surface area contributed by atoms with Gasteiger partial charge < -0.3 is 15.2 Å². The lowest BCUT2D eigenvalue weighted by molar-refractivity contribution is -0.134. The summed E-state index contributed by atoms with van der Waals surface area (Å²) in [5, 5.41) is 3.95. The van der Waals surface area contributed by atoms with E-state index in [1.54, 1.807) is 25.3 Å². The highest BCUT2D eigenvalue weighted by Gasteiger charge is 2.26. The lowest BCUT2D eigenvalue weighted by Gasteiger charge is -2.32. The van der Waals surface area contributed by atoms with Gasteiger partial charge in [-0.3, -0.25) is 9.59 Å². The molecule has 0 unspecified atom stereocenters. The molecule has 3 heterocycles. The molecule has 7 heteroatoms. The number of piperidine rings is 1. The van der Waals surface area contributed by atoms with Gasteiger partial charge in [-0.1, -0.05) is 18.5 Å². The Kier molecular flexibility index (Phi) is 4.76. The van der Waals surface area contributed by atoms with Gasteiger partial charge in [0, 0.05) is 18.5 Å². The van der Waals surface area contributed by atoms with Crippen LogP contribution in [-0.2, 0) is 4.79 Å². The molecule has 0 saturated carbocycles. The van der Waals surface area contributed by atoms with Gasteiger partial charge in [0.05, 0.1) is 11.7 Å². The molecule has 0 spiro atoms. The van der Waals surface area contributed by atoms with Crippen molar-refractivity contribution in [3.05, 3.63) is 29.2 Å². The highest BCUT2D eigenvalue weighted by atomic mass is 35.5. The third kappa shape index (κ3) is 3.53. The molecular weight excluding hydrogens is 328 g/mol. The first-order chi connectivity index (χ1) is 11.4. The van der Waals surface area contributed by atoms with Crippen molar-refractivity contribution in [2.45, 2.75) is 32.7 Å². The van der Waals surface area contributed by atoms with E-state index in [1.165, 1.54) is 0 Å². The highest BCUT2D eigenvalue weighted by molar-refractivity contribution is 6.30. The Morgan fingerprint density at radius 3 is 2.79 bits per heavy atom.